The van der Waals surface area contributed by atoms with Crippen molar-refractivity contribution >= 4 is 10.8 Å². The van der Waals surface area contributed by atoms with Crippen molar-refractivity contribution in [2.45, 2.75) is 25.5 Å². The number of hydrogen-bond acceptors (Lipinski definition) is 3. The largest absolute Gasteiger partial charge is 0.497 e. The van der Waals surface area contributed by atoms with Gasteiger partial charge in [0, 0.05) is 6.61 Å². The zero-order valence-electron chi connectivity index (χ0n) is 12.9. The Labute approximate surface area is 126 Å². The number of ether oxygens (including phenoxy) is 2. The first-order valence-corrected chi connectivity index (χ1v) is 7.59. The summed E-state index contributed by atoms with van der Waals surface area (Å²) >= 11 is 0. The molecule has 0 aliphatic carbocycles. The Bertz CT molecular complexity index is 626. The van der Waals surface area contributed by atoms with E-state index in [1.54, 1.807) is 7.11 Å². The SMILES string of the molecule is CNC(c1ccc2cc(OC)ccc2c1)C1OCCC1C. The molecule has 0 bridgehead atoms. The molecule has 0 radical (unpaired) electrons. The molecule has 1 saturated heterocycles. The lowest BCUT2D eigenvalue weighted by molar-refractivity contribution is 0.0632. The van der Waals surface area contributed by atoms with Crippen LogP contribution in [0.25, 0.3) is 10.8 Å². The first-order valence-electron chi connectivity index (χ1n) is 7.59. The second kappa shape index (κ2) is 6.04. The van der Waals surface area contributed by atoms with Crippen LogP contribution in [0.2, 0.25) is 0 Å². The molecule has 1 N–H and O–H groups in total. The number of fused-ring (bicyclic) bond motifs is 1. The molecule has 3 unspecified atom stereocenters. The molecular weight excluding hydrogens is 262 g/mol. The Hall–Kier alpha value is -1.58. The highest BCUT2D eigenvalue weighted by molar-refractivity contribution is 5.84. The van der Waals surface area contributed by atoms with Crippen molar-refractivity contribution < 1.29 is 9.47 Å². The van der Waals surface area contributed by atoms with Crippen LogP contribution in [-0.2, 0) is 4.74 Å². The number of benzene rings is 2. The molecule has 3 heteroatoms. The van der Waals surface area contributed by atoms with Crippen molar-refractivity contribution in [1.82, 2.24) is 5.32 Å². The van der Waals surface area contributed by atoms with Gasteiger partial charge in [-0.05, 0) is 53.9 Å². The van der Waals surface area contributed by atoms with Crippen LogP contribution in [0.15, 0.2) is 36.4 Å². The van der Waals surface area contributed by atoms with Gasteiger partial charge in [-0.1, -0.05) is 25.1 Å². The second-order valence-corrected chi connectivity index (χ2v) is 5.84. The fourth-order valence-electron chi connectivity index (χ4n) is 3.23. The van der Waals surface area contributed by atoms with Gasteiger partial charge in [0.2, 0.25) is 0 Å². The van der Waals surface area contributed by atoms with E-state index in [0.717, 1.165) is 18.8 Å². The summed E-state index contributed by atoms with van der Waals surface area (Å²) in [4.78, 5) is 0. The Morgan fingerprint density at radius 1 is 1.19 bits per heavy atom. The van der Waals surface area contributed by atoms with Crippen molar-refractivity contribution in [2.75, 3.05) is 20.8 Å². The van der Waals surface area contributed by atoms with Crippen molar-refractivity contribution in [3.05, 3.63) is 42.0 Å². The molecule has 0 saturated carbocycles. The molecule has 0 amide bonds. The third-order valence-electron chi connectivity index (χ3n) is 4.51. The minimum atomic E-state index is 0.244. The van der Waals surface area contributed by atoms with E-state index in [0.29, 0.717) is 5.92 Å². The summed E-state index contributed by atoms with van der Waals surface area (Å²) in [6.07, 6.45) is 1.40. The molecule has 2 aromatic rings. The fraction of sp³-hybridized carbons (Fsp3) is 0.444. The minimum Gasteiger partial charge on any atom is -0.497 e. The van der Waals surface area contributed by atoms with Crippen LogP contribution >= 0.6 is 0 Å². The van der Waals surface area contributed by atoms with Gasteiger partial charge in [-0.2, -0.15) is 0 Å². The van der Waals surface area contributed by atoms with E-state index < -0.39 is 0 Å². The van der Waals surface area contributed by atoms with Crippen LogP contribution in [0.4, 0.5) is 0 Å². The third kappa shape index (κ3) is 2.76. The van der Waals surface area contributed by atoms with Crippen molar-refractivity contribution in [3.63, 3.8) is 0 Å². The summed E-state index contributed by atoms with van der Waals surface area (Å²) in [6, 6.07) is 13.0. The van der Waals surface area contributed by atoms with Gasteiger partial charge in [0.25, 0.3) is 0 Å². The molecule has 1 fully saturated rings. The van der Waals surface area contributed by atoms with Crippen LogP contribution < -0.4 is 10.1 Å². The van der Waals surface area contributed by atoms with Crippen molar-refractivity contribution in [1.29, 1.82) is 0 Å². The maximum Gasteiger partial charge on any atom is 0.119 e. The maximum absolute atomic E-state index is 5.94. The van der Waals surface area contributed by atoms with Gasteiger partial charge >= 0.3 is 0 Å². The molecule has 1 aliphatic rings. The predicted octanol–water partition coefficient (Wildman–Crippen LogP) is 3.53. The molecular formula is C18H23NO2. The Kier molecular flexibility index (Phi) is 4.13. The topological polar surface area (TPSA) is 30.5 Å². The zero-order chi connectivity index (χ0) is 14.8. The lowest BCUT2D eigenvalue weighted by Gasteiger charge is -2.26. The van der Waals surface area contributed by atoms with Gasteiger partial charge in [0.05, 0.1) is 19.3 Å². The van der Waals surface area contributed by atoms with E-state index in [4.69, 9.17) is 9.47 Å². The van der Waals surface area contributed by atoms with Crippen molar-refractivity contribution in [2.24, 2.45) is 5.92 Å². The highest BCUT2D eigenvalue weighted by Gasteiger charge is 2.32. The fourth-order valence-corrected chi connectivity index (χ4v) is 3.23. The Balaban J connectivity index is 1.95. The van der Waals surface area contributed by atoms with E-state index in [-0.39, 0.29) is 12.1 Å². The monoisotopic (exact) mass is 285 g/mol. The maximum atomic E-state index is 5.94. The lowest BCUT2D eigenvalue weighted by atomic mass is 9.91. The molecule has 1 aliphatic heterocycles. The summed E-state index contributed by atoms with van der Waals surface area (Å²) < 4.78 is 11.2. The third-order valence-corrected chi connectivity index (χ3v) is 4.51. The summed E-state index contributed by atoms with van der Waals surface area (Å²) in [5.74, 6) is 1.49. The molecule has 3 nitrogen and oxygen atoms in total. The van der Waals surface area contributed by atoms with E-state index in [1.807, 2.05) is 13.1 Å². The van der Waals surface area contributed by atoms with E-state index >= 15 is 0 Å². The molecule has 21 heavy (non-hydrogen) atoms. The van der Waals surface area contributed by atoms with E-state index in [9.17, 15) is 0 Å². The Morgan fingerprint density at radius 2 is 1.95 bits per heavy atom. The quantitative estimate of drug-likeness (QED) is 0.932. The molecule has 1 heterocycles. The molecule has 0 aromatic heterocycles. The summed E-state index contributed by atoms with van der Waals surface area (Å²) in [5.41, 5.74) is 1.29. The smallest absolute Gasteiger partial charge is 0.119 e. The van der Waals surface area contributed by atoms with Crippen LogP contribution in [0.3, 0.4) is 0 Å². The summed E-state index contributed by atoms with van der Waals surface area (Å²) in [6.45, 7) is 3.14. The van der Waals surface area contributed by atoms with Gasteiger partial charge in [-0.25, -0.2) is 0 Å². The van der Waals surface area contributed by atoms with Crippen LogP contribution in [0, 0.1) is 5.92 Å². The predicted molar refractivity (Wildman–Crippen MR) is 85.8 cm³/mol. The average molecular weight is 285 g/mol. The number of likely N-dealkylation sites (N-methyl/N-ethyl adjacent to an activating group) is 1. The van der Waals surface area contributed by atoms with Gasteiger partial charge in [0.15, 0.2) is 0 Å². The van der Waals surface area contributed by atoms with Gasteiger partial charge in [-0.3, -0.25) is 0 Å². The Morgan fingerprint density at radius 3 is 2.62 bits per heavy atom. The van der Waals surface area contributed by atoms with E-state index in [2.05, 4.69) is 42.6 Å². The van der Waals surface area contributed by atoms with Crippen molar-refractivity contribution in [3.8, 4) is 5.75 Å². The first kappa shape index (κ1) is 14.4. The number of hydrogen-bond donors (Lipinski definition) is 1. The molecule has 112 valence electrons. The second-order valence-electron chi connectivity index (χ2n) is 5.84. The molecule has 3 rings (SSSR count). The average Bonchev–Trinajstić information content (AvgIpc) is 2.93. The molecule has 3 atom stereocenters. The highest BCUT2D eigenvalue weighted by Crippen LogP contribution is 2.32. The van der Waals surface area contributed by atoms with Gasteiger partial charge < -0.3 is 14.8 Å². The standard InChI is InChI=1S/C18H23NO2/c1-12-8-9-21-18(12)17(19-2)15-5-4-14-11-16(20-3)7-6-13(14)10-15/h4-7,10-12,17-19H,8-9H2,1-3H3. The first-order chi connectivity index (χ1) is 10.2. The number of nitrogens with one attached hydrogen (secondary N) is 1. The van der Waals surface area contributed by atoms with Crippen LogP contribution in [0.5, 0.6) is 5.75 Å². The minimum absolute atomic E-state index is 0.244. The molecule has 0 spiro atoms. The highest BCUT2D eigenvalue weighted by atomic mass is 16.5. The zero-order valence-corrected chi connectivity index (χ0v) is 12.9. The lowest BCUT2D eigenvalue weighted by Crippen LogP contribution is -2.32. The molecule has 2 aromatic carbocycles. The number of methoxy groups -OCH3 is 1. The summed E-state index contributed by atoms with van der Waals surface area (Å²) in [5, 5.41) is 5.87. The van der Waals surface area contributed by atoms with E-state index in [1.165, 1.54) is 16.3 Å². The normalized spacial score (nSPS) is 23.4. The van der Waals surface area contributed by atoms with Gasteiger partial charge in [0.1, 0.15) is 5.75 Å². The van der Waals surface area contributed by atoms with Gasteiger partial charge in [-0.15, -0.1) is 0 Å². The van der Waals surface area contributed by atoms with Crippen LogP contribution in [-0.4, -0.2) is 26.9 Å². The summed E-state index contributed by atoms with van der Waals surface area (Å²) in [7, 11) is 3.71. The van der Waals surface area contributed by atoms with Crippen LogP contribution in [0.1, 0.15) is 24.9 Å². The number of rotatable bonds is 4.